The molecule has 0 radical (unpaired) electrons. The van der Waals surface area contributed by atoms with E-state index < -0.39 is 28.8 Å². The first kappa shape index (κ1) is 10.5. The van der Waals surface area contributed by atoms with Crippen LogP contribution >= 0.6 is 0 Å². The van der Waals surface area contributed by atoms with Crippen molar-refractivity contribution in [2.45, 2.75) is 0 Å². The van der Waals surface area contributed by atoms with E-state index in [0.717, 1.165) is 0 Å². The van der Waals surface area contributed by atoms with Crippen molar-refractivity contribution in [3.8, 4) is 11.3 Å². The number of benzene rings is 1. The van der Waals surface area contributed by atoms with E-state index in [9.17, 15) is 17.6 Å². The molecule has 0 aliphatic rings. The van der Waals surface area contributed by atoms with Gasteiger partial charge in [-0.25, -0.2) is 17.6 Å². The lowest BCUT2D eigenvalue weighted by Gasteiger charge is -2.03. The molecule has 0 saturated carbocycles. The van der Waals surface area contributed by atoms with Crippen molar-refractivity contribution < 1.29 is 17.6 Å². The Morgan fingerprint density at radius 1 is 1.00 bits per heavy atom. The van der Waals surface area contributed by atoms with Crippen LogP contribution in [-0.2, 0) is 0 Å². The van der Waals surface area contributed by atoms with Crippen molar-refractivity contribution in [1.29, 1.82) is 0 Å². The third kappa shape index (κ3) is 1.50. The molecule has 0 amide bonds. The first-order chi connectivity index (χ1) is 7.50. The standard InChI is InChI=1S/C9H5F4N3/c10-4-1-3(5-2-6(14)16-15-5)7(11)9(13)8(4)12/h1-2H,(H3,14,15,16). The summed E-state index contributed by atoms with van der Waals surface area (Å²) in [5.41, 5.74) is 4.74. The van der Waals surface area contributed by atoms with Gasteiger partial charge >= 0.3 is 0 Å². The van der Waals surface area contributed by atoms with Gasteiger partial charge in [0.05, 0.1) is 5.69 Å². The molecule has 16 heavy (non-hydrogen) atoms. The summed E-state index contributed by atoms with van der Waals surface area (Å²) in [5, 5.41) is 5.73. The van der Waals surface area contributed by atoms with Gasteiger partial charge in [-0.2, -0.15) is 5.10 Å². The number of nitrogen functional groups attached to an aromatic ring is 1. The van der Waals surface area contributed by atoms with Crippen molar-refractivity contribution in [2.75, 3.05) is 5.73 Å². The Labute approximate surface area is 86.9 Å². The molecule has 2 aromatic rings. The van der Waals surface area contributed by atoms with Gasteiger partial charge in [0.15, 0.2) is 23.3 Å². The quantitative estimate of drug-likeness (QED) is 0.449. The molecule has 1 aromatic carbocycles. The van der Waals surface area contributed by atoms with Crippen LogP contribution in [-0.4, -0.2) is 10.2 Å². The minimum atomic E-state index is -1.87. The van der Waals surface area contributed by atoms with Gasteiger partial charge in [0.1, 0.15) is 5.82 Å². The largest absolute Gasteiger partial charge is 0.382 e. The molecule has 3 N–H and O–H groups in total. The number of anilines is 1. The minimum Gasteiger partial charge on any atom is -0.382 e. The lowest BCUT2D eigenvalue weighted by Crippen LogP contribution is -1.98. The lowest BCUT2D eigenvalue weighted by atomic mass is 10.1. The number of hydrogen-bond donors (Lipinski definition) is 2. The van der Waals surface area contributed by atoms with Crippen LogP contribution in [0.3, 0.4) is 0 Å². The predicted octanol–water partition coefficient (Wildman–Crippen LogP) is 2.22. The summed E-state index contributed by atoms with van der Waals surface area (Å²) >= 11 is 0. The number of aromatic amines is 1. The molecule has 2 rings (SSSR count). The van der Waals surface area contributed by atoms with Crippen molar-refractivity contribution in [3.63, 3.8) is 0 Å². The number of halogens is 4. The maximum absolute atomic E-state index is 13.3. The van der Waals surface area contributed by atoms with Crippen LogP contribution in [0.1, 0.15) is 0 Å². The highest BCUT2D eigenvalue weighted by molar-refractivity contribution is 5.62. The summed E-state index contributed by atoms with van der Waals surface area (Å²) in [5.74, 6) is -6.68. The number of H-pyrrole nitrogens is 1. The zero-order valence-corrected chi connectivity index (χ0v) is 7.69. The molecule has 0 aliphatic carbocycles. The van der Waals surface area contributed by atoms with Gasteiger partial charge in [0.25, 0.3) is 0 Å². The molecule has 0 saturated heterocycles. The van der Waals surface area contributed by atoms with Crippen LogP contribution in [0.5, 0.6) is 0 Å². The molecule has 0 aliphatic heterocycles. The molecule has 3 nitrogen and oxygen atoms in total. The highest BCUT2D eigenvalue weighted by atomic mass is 19.2. The Kier molecular flexibility index (Phi) is 2.30. The number of nitrogens with two attached hydrogens (primary N) is 1. The van der Waals surface area contributed by atoms with E-state index in [1.165, 1.54) is 6.07 Å². The van der Waals surface area contributed by atoms with Crippen molar-refractivity contribution in [1.82, 2.24) is 10.2 Å². The topological polar surface area (TPSA) is 54.7 Å². The fraction of sp³-hybridized carbons (Fsp3) is 0. The van der Waals surface area contributed by atoms with Crippen LogP contribution in [0.25, 0.3) is 11.3 Å². The Hall–Kier alpha value is -2.05. The molecular formula is C9H5F4N3. The van der Waals surface area contributed by atoms with E-state index in [-0.39, 0.29) is 11.5 Å². The fourth-order valence-electron chi connectivity index (χ4n) is 1.24. The minimum absolute atomic E-state index is 0.0274. The van der Waals surface area contributed by atoms with E-state index >= 15 is 0 Å². The summed E-state index contributed by atoms with van der Waals surface area (Å²) in [6.07, 6.45) is 0. The summed E-state index contributed by atoms with van der Waals surface area (Å²) in [7, 11) is 0. The third-order valence-corrected chi connectivity index (χ3v) is 1.99. The zero-order chi connectivity index (χ0) is 11.9. The maximum Gasteiger partial charge on any atom is 0.198 e. The highest BCUT2D eigenvalue weighted by Gasteiger charge is 2.20. The zero-order valence-electron chi connectivity index (χ0n) is 7.69. The van der Waals surface area contributed by atoms with Gasteiger partial charge < -0.3 is 5.73 Å². The van der Waals surface area contributed by atoms with Crippen LogP contribution in [0.4, 0.5) is 23.4 Å². The average molecular weight is 231 g/mol. The van der Waals surface area contributed by atoms with Gasteiger partial charge in [0, 0.05) is 11.6 Å². The summed E-state index contributed by atoms with van der Waals surface area (Å²) in [4.78, 5) is 0. The van der Waals surface area contributed by atoms with E-state index in [2.05, 4.69) is 10.2 Å². The van der Waals surface area contributed by atoms with E-state index in [4.69, 9.17) is 5.73 Å². The molecule has 0 spiro atoms. The summed E-state index contributed by atoms with van der Waals surface area (Å²) < 4.78 is 51.7. The second-order valence-corrected chi connectivity index (χ2v) is 3.05. The first-order valence-electron chi connectivity index (χ1n) is 4.15. The molecule has 0 unspecified atom stereocenters. The van der Waals surface area contributed by atoms with Gasteiger partial charge in [-0.1, -0.05) is 0 Å². The second-order valence-electron chi connectivity index (χ2n) is 3.05. The van der Waals surface area contributed by atoms with E-state index in [1.54, 1.807) is 0 Å². The second kappa shape index (κ2) is 3.51. The molecule has 1 heterocycles. The van der Waals surface area contributed by atoms with Crippen LogP contribution in [0.15, 0.2) is 12.1 Å². The number of nitrogens with zero attached hydrogens (tertiary/aromatic N) is 1. The number of aromatic nitrogens is 2. The Morgan fingerprint density at radius 2 is 1.69 bits per heavy atom. The molecule has 84 valence electrons. The van der Waals surface area contributed by atoms with Crippen LogP contribution < -0.4 is 5.73 Å². The fourth-order valence-corrected chi connectivity index (χ4v) is 1.24. The Balaban J connectivity index is 2.66. The van der Waals surface area contributed by atoms with Crippen LogP contribution in [0, 0.1) is 23.3 Å². The SMILES string of the molecule is Nc1cc(-c2cc(F)c(F)c(F)c2F)[nH]n1. The van der Waals surface area contributed by atoms with Gasteiger partial charge in [-0.3, -0.25) is 5.10 Å². The van der Waals surface area contributed by atoms with Crippen molar-refractivity contribution >= 4 is 5.82 Å². The first-order valence-corrected chi connectivity index (χ1v) is 4.15. The van der Waals surface area contributed by atoms with E-state index in [1.807, 2.05) is 0 Å². The molecular weight excluding hydrogens is 226 g/mol. The predicted molar refractivity (Wildman–Crippen MR) is 48.3 cm³/mol. The highest BCUT2D eigenvalue weighted by Crippen LogP contribution is 2.27. The van der Waals surface area contributed by atoms with Gasteiger partial charge in [0.2, 0.25) is 0 Å². The van der Waals surface area contributed by atoms with Crippen molar-refractivity contribution in [2.24, 2.45) is 0 Å². The Bertz CT molecular complexity index is 550. The Morgan fingerprint density at radius 3 is 2.25 bits per heavy atom. The number of hydrogen-bond acceptors (Lipinski definition) is 2. The summed E-state index contributed by atoms with van der Waals surface area (Å²) in [6.45, 7) is 0. The van der Waals surface area contributed by atoms with Crippen LogP contribution in [0.2, 0.25) is 0 Å². The molecule has 0 atom stereocenters. The molecule has 0 fully saturated rings. The van der Waals surface area contributed by atoms with Crippen molar-refractivity contribution in [3.05, 3.63) is 35.4 Å². The smallest absolute Gasteiger partial charge is 0.198 e. The molecule has 7 heteroatoms. The summed E-state index contributed by atoms with van der Waals surface area (Å²) in [6, 6.07) is 1.70. The normalized spacial score (nSPS) is 10.8. The molecule has 0 bridgehead atoms. The van der Waals surface area contributed by atoms with Gasteiger partial charge in [-0.15, -0.1) is 0 Å². The third-order valence-electron chi connectivity index (χ3n) is 1.99. The maximum atomic E-state index is 13.3. The molecule has 1 aromatic heterocycles. The monoisotopic (exact) mass is 231 g/mol. The van der Waals surface area contributed by atoms with Gasteiger partial charge in [-0.05, 0) is 6.07 Å². The average Bonchev–Trinajstić information content (AvgIpc) is 2.67. The van der Waals surface area contributed by atoms with E-state index in [0.29, 0.717) is 6.07 Å². The lowest BCUT2D eigenvalue weighted by molar-refractivity contribution is 0.410. The number of nitrogens with one attached hydrogen (secondary N) is 1. The number of rotatable bonds is 1.